The summed E-state index contributed by atoms with van der Waals surface area (Å²) in [5.41, 5.74) is 3.39. The van der Waals surface area contributed by atoms with Crippen molar-refractivity contribution >= 4 is 16.8 Å². The van der Waals surface area contributed by atoms with Crippen molar-refractivity contribution < 1.29 is 9.90 Å². The molecule has 0 saturated carbocycles. The zero-order valence-electron chi connectivity index (χ0n) is 15.3. The summed E-state index contributed by atoms with van der Waals surface area (Å²) in [6, 6.07) is 6.81. The fraction of sp³-hybridized carbons (Fsp3) is 0.316. The molecule has 0 aliphatic carbocycles. The van der Waals surface area contributed by atoms with Gasteiger partial charge in [0, 0.05) is 48.1 Å². The molecule has 7 heteroatoms. The highest BCUT2D eigenvalue weighted by Crippen LogP contribution is 2.28. The number of phenolic OH excluding ortho intramolecular Hbond substituents is 1. The lowest BCUT2D eigenvalue weighted by Gasteiger charge is -2.11. The maximum atomic E-state index is 12.7. The van der Waals surface area contributed by atoms with Crippen molar-refractivity contribution in [1.82, 2.24) is 19.4 Å². The summed E-state index contributed by atoms with van der Waals surface area (Å²) in [4.78, 5) is 28.6. The predicted octanol–water partition coefficient (Wildman–Crippen LogP) is 1.80. The van der Waals surface area contributed by atoms with Gasteiger partial charge >= 0.3 is 5.69 Å². The number of nitrogens with zero attached hydrogens (tertiary/aromatic N) is 3. The Kier molecular flexibility index (Phi) is 4.54. The number of carbonyl (C=O) groups is 1. The second-order valence-electron chi connectivity index (χ2n) is 6.45. The predicted molar refractivity (Wildman–Crippen MR) is 99.6 cm³/mol. The smallest absolute Gasteiger partial charge is 0.348 e. The highest BCUT2D eigenvalue weighted by molar-refractivity contribution is 6.08. The zero-order valence-corrected chi connectivity index (χ0v) is 15.3. The third kappa shape index (κ3) is 3.08. The number of aromatic nitrogens is 3. The van der Waals surface area contributed by atoms with E-state index in [1.54, 1.807) is 25.1 Å². The van der Waals surface area contributed by atoms with Crippen LogP contribution in [-0.4, -0.2) is 31.7 Å². The normalized spacial score (nSPS) is 11.1. The Morgan fingerprint density at radius 3 is 2.65 bits per heavy atom. The van der Waals surface area contributed by atoms with Crippen LogP contribution in [0, 0.1) is 20.8 Å². The molecule has 0 unspecified atom stereocenters. The molecule has 26 heavy (non-hydrogen) atoms. The molecule has 3 rings (SSSR count). The van der Waals surface area contributed by atoms with E-state index >= 15 is 0 Å². The molecule has 0 atom stereocenters. The second-order valence-corrected chi connectivity index (χ2v) is 6.45. The van der Waals surface area contributed by atoms with E-state index in [4.69, 9.17) is 0 Å². The van der Waals surface area contributed by atoms with Crippen LogP contribution in [0.1, 0.15) is 27.4 Å². The number of hydrogen-bond donors (Lipinski definition) is 2. The summed E-state index contributed by atoms with van der Waals surface area (Å²) in [5.74, 6) is -0.116. The van der Waals surface area contributed by atoms with Gasteiger partial charge in [0.05, 0.1) is 5.56 Å². The lowest BCUT2D eigenvalue weighted by molar-refractivity contribution is 0.0953. The molecule has 1 aromatic carbocycles. The summed E-state index contributed by atoms with van der Waals surface area (Å²) in [6.45, 7) is 6.14. The molecular formula is C19H22N4O3. The molecule has 0 aliphatic heterocycles. The first kappa shape index (κ1) is 17.7. The molecule has 0 bridgehead atoms. The fourth-order valence-electron chi connectivity index (χ4n) is 3.26. The largest absolute Gasteiger partial charge is 0.508 e. The van der Waals surface area contributed by atoms with Crippen molar-refractivity contribution in [1.29, 1.82) is 0 Å². The number of benzene rings is 1. The van der Waals surface area contributed by atoms with E-state index in [1.165, 1.54) is 4.57 Å². The first-order valence-corrected chi connectivity index (χ1v) is 8.41. The second kappa shape index (κ2) is 6.67. The van der Waals surface area contributed by atoms with Gasteiger partial charge in [0.2, 0.25) is 0 Å². The van der Waals surface area contributed by atoms with Crippen LogP contribution >= 0.6 is 0 Å². The van der Waals surface area contributed by atoms with Gasteiger partial charge in [-0.2, -0.15) is 4.98 Å². The quantitative estimate of drug-likeness (QED) is 0.748. The molecule has 0 radical (unpaired) electrons. The Hall–Kier alpha value is -3.09. The maximum Gasteiger partial charge on any atom is 0.348 e. The van der Waals surface area contributed by atoms with Crippen molar-refractivity contribution in [2.75, 3.05) is 6.54 Å². The molecule has 136 valence electrons. The summed E-state index contributed by atoms with van der Waals surface area (Å²) in [7, 11) is 1.88. The first-order chi connectivity index (χ1) is 12.3. The van der Waals surface area contributed by atoms with Crippen LogP contribution < -0.4 is 11.0 Å². The lowest BCUT2D eigenvalue weighted by Crippen LogP contribution is -2.33. The van der Waals surface area contributed by atoms with E-state index in [0.717, 1.165) is 16.9 Å². The Labute approximate surface area is 150 Å². The Bertz CT molecular complexity index is 1060. The minimum atomic E-state index is -0.317. The average molecular weight is 354 g/mol. The fourth-order valence-corrected chi connectivity index (χ4v) is 3.26. The number of rotatable bonds is 4. The Morgan fingerprint density at radius 2 is 1.96 bits per heavy atom. The lowest BCUT2D eigenvalue weighted by atomic mass is 10.1. The maximum absolute atomic E-state index is 12.7. The van der Waals surface area contributed by atoms with Gasteiger partial charge < -0.3 is 15.0 Å². The third-order valence-electron chi connectivity index (χ3n) is 4.67. The third-order valence-corrected chi connectivity index (χ3v) is 4.67. The van der Waals surface area contributed by atoms with E-state index in [9.17, 15) is 14.7 Å². The summed E-state index contributed by atoms with van der Waals surface area (Å²) < 4.78 is 3.46. The van der Waals surface area contributed by atoms with Crippen LogP contribution in [0.5, 0.6) is 5.75 Å². The van der Waals surface area contributed by atoms with Crippen LogP contribution in [0.4, 0.5) is 0 Å². The molecule has 2 aromatic heterocycles. The molecule has 1 amide bonds. The van der Waals surface area contributed by atoms with Crippen LogP contribution in [0.2, 0.25) is 0 Å². The van der Waals surface area contributed by atoms with Crippen molar-refractivity contribution in [3.63, 3.8) is 0 Å². The highest BCUT2D eigenvalue weighted by atomic mass is 16.3. The highest BCUT2D eigenvalue weighted by Gasteiger charge is 2.18. The minimum absolute atomic E-state index is 0.116. The van der Waals surface area contributed by atoms with Crippen molar-refractivity contribution in [2.45, 2.75) is 27.3 Å². The minimum Gasteiger partial charge on any atom is -0.508 e. The number of carbonyl (C=O) groups excluding carboxylic acids is 1. The van der Waals surface area contributed by atoms with E-state index < -0.39 is 0 Å². The van der Waals surface area contributed by atoms with E-state index in [-0.39, 0.29) is 17.3 Å². The molecule has 0 spiro atoms. The molecular weight excluding hydrogens is 332 g/mol. The van der Waals surface area contributed by atoms with Gasteiger partial charge in [0.15, 0.2) is 0 Å². The average Bonchev–Trinajstić information content (AvgIpc) is 2.80. The molecule has 7 nitrogen and oxygen atoms in total. The SMILES string of the molecule is Cc1cc(C)n(CCNC(=O)c2c(C)n(C)c3ccc(O)cc23)c(=O)n1. The molecule has 0 aliphatic rings. The summed E-state index contributed by atoms with van der Waals surface area (Å²) in [6.07, 6.45) is 0. The van der Waals surface area contributed by atoms with Crippen LogP contribution in [0.25, 0.3) is 10.9 Å². The van der Waals surface area contributed by atoms with Gasteiger partial charge in [0.25, 0.3) is 5.91 Å². The molecule has 2 N–H and O–H groups in total. The molecule has 2 heterocycles. The Morgan fingerprint density at radius 1 is 1.23 bits per heavy atom. The number of aryl methyl sites for hydroxylation is 3. The molecule has 0 fully saturated rings. The number of phenols is 1. The standard InChI is InChI=1S/C19H22N4O3/c1-11-9-12(2)23(19(26)21-11)8-7-20-18(25)17-13(3)22(4)16-6-5-14(24)10-15(16)17/h5-6,9-10,24H,7-8H2,1-4H3,(H,20,25). The Balaban J connectivity index is 1.82. The van der Waals surface area contributed by atoms with Gasteiger partial charge in [0.1, 0.15) is 5.75 Å². The van der Waals surface area contributed by atoms with Crippen molar-refractivity contribution in [3.05, 3.63) is 57.4 Å². The summed E-state index contributed by atoms with van der Waals surface area (Å²) in [5, 5.41) is 13.3. The van der Waals surface area contributed by atoms with Crippen LogP contribution in [-0.2, 0) is 13.6 Å². The number of amides is 1. The van der Waals surface area contributed by atoms with Crippen molar-refractivity contribution in [2.24, 2.45) is 7.05 Å². The number of fused-ring (bicyclic) bond motifs is 1. The van der Waals surface area contributed by atoms with Gasteiger partial charge in [-0.1, -0.05) is 0 Å². The first-order valence-electron chi connectivity index (χ1n) is 8.41. The molecule has 3 aromatic rings. The van der Waals surface area contributed by atoms with Crippen LogP contribution in [0.3, 0.4) is 0 Å². The zero-order chi connectivity index (χ0) is 19.0. The number of aromatic hydroxyl groups is 1. The number of hydrogen-bond acceptors (Lipinski definition) is 4. The van der Waals surface area contributed by atoms with Gasteiger partial charge in [-0.25, -0.2) is 4.79 Å². The van der Waals surface area contributed by atoms with Gasteiger partial charge in [-0.05, 0) is 45.0 Å². The van der Waals surface area contributed by atoms with Gasteiger partial charge in [-0.3, -0.25) is 9.36 Å². The monoisotopic (exact) mass is 354 g/mol. The molecule has 0 saturated heterocycles. The topological polar surface area (TPSA) is 89.1 Å². The van der Waals surface area contributed by atoms with E-state index in [1.807, 2.05) is 31.5 Å². The van der Waals surface area contributed by atoms with E-state index in [0.29, 0.717) is 29.7 Å². The van der Waals surface area contributed by atoms with Gasteiger partial charge in [-0.15, -0.1) is 0 Å². The van der Waals surface area contributed by atoms with E-state index in [2.05, 4.69) is 10.3 Å². The van der Waals surface area contributed by atoms with Crippen molar-refractivity contribution in [3.8, 4) is 5.75 Å². The van der Waals surface area contributed by atoms with Crippen LogP contribution in [0.15, 0.2) is 29.1 Å². The summed E-state index contributed by atoms with van der Waals surface area (Å²) >= 11 is 0. The number of nitrogens with one attached hydrogen (secondary N) is 1.